The van der Waals surface area contributed by atoms with Crippen molar-refractivity contribution in [2.75, 3.05) is 6.54 Å². The van der Waals surface area contributed by atoms with Crippen LogP contribution in [0.2, 0.25) is 0 Å². The highest BCUT2D eigenvalue weighted by molar-refractivity contribution is 5.76. The molecule has 1 aliphatic rings. The van der Waals surface area contributed by atoms with Crippen LogP contribution in [0.15, 0.2) is 30.3 Å². The first-order chi connectivity index (χ1) is 14.4. The maximum absolute atomic E-state index is 12.8. The molecular weight excluding hydrogens is 402 g/mol. The van der Waals surface area contributed by atoms with Crippen LogP contribution in [-0.2, 0) is 20.8 Å². The molecule has 0 unspecified atom stereocenters. The third-order valence-electron chi connectivity index (χ3n) is 4.16. The van der Waals surface area contributed by atoms with E-state index in [0.29, 0.717) is 19.4 Å². The van der Waals surface area contributed by atoms with E-state index in [-0.39, 0.29) is 6.61 Å². The summed E-state index contributed by atoms with van der Waals surface area (Å²) in [5.74, 6) is 0. The van der Waals surface area contributed by atoms with Crippen LogP contribution in [0.3, 0.4) is 0 Å². The smallest absolute Gasteiger partial charge is 0.431 e. The Kier molecular flexibility index (Phi) is 7.75. The molecule has 172 valence electrons. The van der Waals surface area contributed by atoms with Crippen LogP contribution in [0.4, 0.5) is 14.4 Å². The predicted molar refractivity (Wildman–Crippen MR) is 114 cm³/mol. The number of hydrogen-bond acceptors (Lipinski definition) is 6. The molecule has 0 aliphatic carbocycles. The number of benzene rings is 1. The molecule has 1 heterocycles. The fourth-order valence-electron chi connectivity index (χ4n) is 2.98. The standard InChI is InChI=1S/C22H33N3O6/c1-21(2,3)30-18(26)23-25(20(28)31-22(4,5)6)17-13-10-14-24(17)19(27)29-15-16-11-8-7-9-12-16/h7-9,11-12,17H,10,13-15H2,1-6H3,(H,23,26)/t17-/m1/s1. The fourth-order valence-corrected chi connectivity index (χ4v) is 2.98. The molecule has 1 aromatic carbocycles. The highest BCUT2D eigenvalue weighted by Crippen LogP contribution is 2.23. The van der Waals surface area contributed by atoms with Gasteiger partial charge < -0.3 is 14.2 Å². The van der Waals surface area contributed by atoms with E-state index < -0.39 is 35.6 Å². The third-order valence-corrected chi connectivity index (χ3v) is 4.16. The Bertz CT molecular complexity index is 770. The van der Waals surface area contributed by atoms with Crippen LogP contribution >= 0.6 is 0 Å². The Labute approximate surface area is 183 Å². The lowest BCUT2D eigenvalue weighted by atomic mass is 10.2. The molecule has 1 saturated heterocycles. The van der Waals surface area contributed by atoms with Gasteiger partial charge in [0.05, 0.1) is 0 Å². The lowest BCUT2D eigenvalue weighted by Gasteiger charge is -2.35. The molecule has 0 radical (unpaired) electrons. The maximum atomic E-state index is 12.8. The van der Waals surface area contributed by atoms with Crippen LogP contribution in [0, 0.1) is 0 Å². The Morgan fingerprint density at radius 3 is 2.23 bits per heavy atom. The number of nitrogens with zero attached hydrogens (tertiary/aromatic N) is 2. The summed E-state index contributed by atoms with van der Waals surface area (Å²) in [4.78, 5) is 39.4. The van der Waals surface area contributed by atoms with E-state index in [1.165, 1.54) is 4.90 Å². The first-order valence-corrected chi connectivity index (χ1v) is 10.3. The molecule has 31 heavy (non-hydrogen) atoms. The van der Waals surface area contributed by atoms with Crippen molar-refractivity contribution in [3.8, 4) is 0 Å². The second-order valence-electron chi connectivity index (χ2n) is 9.32. The predicted octanol–water partition coefficient (Wildman–Crippen LogP) is 4.42. The van der Waals surface area contributed by atoms with E-state index in [1.54, 1.807) is 41.5 Å². The minimum absolute atomic E-state index is 0.106. The zero-order valence-corrected chi connectivity index (χ0v) is 19.1. The van der Waals surface area contributed by atoms with Gasteiger partial charge in [-0.2, -0.15) is 5.01 Å². The number of carbonyl (C=O) groups excluding carboxylic acids is 3. The molecule has 3 amide bonds. The van der Waals surface area contributed by atoms with Crippen molar-refractivity contribution in [3.63, 3.8) is 0 Å². The fraction of sp³-hybridized carbons (Fsp3) is 0.591. The van der Waals surface area contributed by atoms with Gasteiger partial charge in [0.25, 0.3) is 0 Å². The topological polar surface area (TPSA) is 97.4 Å². The van der Waals surface area contributed by atoms with Crippen molar-refractivity contribution >= 4 is 18.3 Å². The van der Waals surface area contributed by atoms with Gasteiger partial charge in [0.2, 0.25) is 0 Å². The summed E-state index contributed by atoms with van der Waals surface area (Å²) < 4.78 is 16.1. The molecule has 0 aromatic heterocycles. The SMILES string of the molecule is CC(C)(C)OC(=O)NN(C(=O)OC(C)(C)C)[C@@H]1CCCN1C(=O)OCc1ccccc1. The summed E-state index contributed by atoms with van der Waals surface area (Å²) >= 11 is 0. The van der Waals surface area contributed by atoms with E-state index >= 15 is 0 Å². The van der Waals surface area contributed by atoms with Crippen LogP contribution in [0.5, 0.6) is 0 Å². The second kappa shape index (κ2) is 9.89. The van der Waals surface area contributed by atoms with Crippen molar-refractivity contribution in [1.82, 2.24) is 15.3 Å². The number of ether oxygens (including phenoxy) is 3. The zero-order valence-electron chi connectivity index (χ0n) is 19.1. The highest BCUT2D eigenvalue weighted by Gasteiger charge is 2.40. The van der Waals surface area contributed by atoms with Gasteiger partial charge in [-0.05, 0) is 59.9 Å². The van der Waals surface area contributed by atoms with Crippen molar-refractivity contribution in [2.24, 2.45) is 0 Å². The Morgan fingerprint density at radius 1 is 1.03 bits per heavy atom. The van der Waals surface area contributed by atoms with E-state index in [4.69, 9.17) is 14.2 Å². The summed E-state index contributed by atoms with van der Waals surface area (Å²) in [6, 6.07) is 9.30. The van der Waals surface area contributed by atoms with Crippen LogP contribution in [-0.4, -0.2) is 52.1 Å². The molecule has 0 bridgehead atoms. The molecule has 0 saturated carbocycles. The normalized spacial score (nSPS) is 16.5. The molecule has 9 nitrogen and oxygen atoms in total. The summed E-state index contributed by atoms with van der Waals surface area (Å²) in [7, 11) is 0. The van der Waals surface area contributed by atoms with Gasteiger partial charge in [0.1, 0.15) is 24.0 Å². The van der Waals surface area contributed by atoms with E-state index in [0.717, 1.165) is 10.6 Å². The van der Waals surface area contributed by atoms with Gasteiger partial charge in [0.15, 0.2) is 0 Å². The minimum atomic E-state index is -0.817. The average Bonchev–Trinajstić information content (AvgIpc) is 3.11. The van der Waals surface area contributed by atoms with Gasteiger partial charge in [0, 0.05) is 6.54 Å². The molecular formula is C22H33N3O6. The molecule has 1 aromatic rings. The highest BCUT2D eigenvalue weighted by atomic mass is 16.6. The summed E-state index contributed by atoms with van der Waals surface area (Å²) in [5, 5.41) is 1.01. The monoisotopic (exact) mass is 435 g/mol. The average molecular weight is 436 g/mol. The number of likely N-dealkylation sites (tertiary alicyclic amines) is 1. The summed E-state index contributed by atoms with van der Waals surface area (Å²) in [6.07, 6.45) is -1.85. The van der Waals surface area contributed by atoms with E-state index in [9.17, 15) is 14.4 Å². The number of rotatable bonds is 3. The van der Waals surface area contributed by atoms with Crippen LogP contribution in [0.1, 0.15) is 59.9 Å². The number of carbonyl (C=O) groups is 3. The first kappa shape index (κ1) is 24.3. The number of amides is 3. The number of hydrogen-bond donors (Lipinski definition) is 1. The molecule has 9 heteroatoms. The Hall–Kier alpha value is -2.97. The molecule has 1 fully saturated rings. The Morgan fingerprint density at radius 2 is 1.65 bits per heavy atom. The van der Waals surface area contributed by atoms with E-state index in [1.807, 2.05) is 30.3 Å². The number of hydrazine groups is 1. The van der Waals surface area contributed by atoms with Crippen molar-refractivity contribution in [1.29, 1.82) is 0 Å². The first-order valence-electron chi connectivity index (χ1n) is 10.3. The maximum Gasteiger partial charge on any atom is 0.431 e. The quantitative estimate of drug-likeness (QED) is 0.557. The zero-order chi connectivity index (χ0) is 23.2. The number of nitrogens with one attached hydrogen (secondary N) is 1. The van der Waals surface area contributed by atoms with Gasteiger partial charge in [-0.1, -0.05) is 30.3 Å². The Balaban J connectivity index is 2.14. The van der Waals surface area contributed by atoms with Gasteiger partial charge in [-0.15, -0.1) is 0 Å². The molecule has 1 aliphatic heterocycles. The van der Waals surface area contributed by atoms with Gasteiger partial charge in [-0.25, -0.2) is 19.8 Å². The van der Waals surface area contributed by atoms with E-state index in [2.05, 4.69) is 5.43 Å². The largest absolute Gasteiger partial charge is 0.444 e. The molecule has 2 rings (SSSR count). The van der Waals surface area contributed by atoms with Crippen molar-refractivity contribution in [2.45, 2.75) is 78.4 Å². The molecule has 0 spiro atoms. The minimum Gasteiger partial charge on any atom is -0.444 e. The molecule has 1 atom stereocenters. The summed E-state index contributed by atoms with van der Waals surface area (Å²) in [5.41, 5.74) is 1.75. The second-order valence-corrected chi connectivity index (χ2v) is 9.32. The van der Waals surface area contributed by atoms with Crippen molar-refractivity contribution < 1.29 is 28.6 Å². The van der Waals surface area contributed by atoms with Gasteiger partial charge in [-0.3, -0.25) is 4.90 Å². The molecule has 1 N–H and O–H groups in total. The van der Waals surface area contributed by atoms with Crippen LogP contribution in [0.25, 0.3) is 0 Å². The lowest BCUT2D eigenvalue weighted by Crippen LogP contribution is -2.59. The lowest BCUT2D eigenvalue weighted by molar-refractivity contribution is -0.0295. The van der Waals surface area contributed by atoms with Crippen LogP contribution < -0.4 is 5.43 Å². The third kappa shape index (κ3) is 7.99. The summed E-state index contributed by atoms with van der Waals surface area (Å²) in [6.45, 7) is 10.8. The van der Waals surface area contributed by atoms with Gasteiger partial charge >= 0.3 is 18.3 Å². The van der Waals surface area contributed by atoms with Crippen molar-refractivity contribution in [3.05, 3.63) is 35.9 Å².